The number of halogens is 1. The lowest BCUT2D eigenvalue weighted by atomic mass is 10.1. The summed E-state index contributed by atoms with van der Waals surface area (Å²) in [6, 6.07) is 8.03. The number of ether oxygens (including phenoxy) is 1. The molecule has 26 heavy (non-hydrogen) atoms. The average molecular weight is 365 g/mol. The topological polar surface area (TPSA) is 39.2 Å². The number of benzene rings is 1. The van der Waals surface area contributed by atoms with Gasteiger partial charge in [-0.2, -0.15) is 0 Å². The number of alkyl halides is 1. The van der Waals surface area contributed by atoms with Gasteiger partial charge in [0.05, 0.1) is 0 Å². The molecule has 0 unspecified atom stereocenters. The number of likely N-dealkylation sites (N-methyl/N-ethyl adjacent to an activating group) is 1. The van der Waals surface area contributed by atoms with E-state index < -0.39 is 12.3 Å². The maximum Gasteiger partial charge on any atom is 0.119 e. The Morgan fingerprint density at radius 3 is 2.35 bits per heavy atom. The zero-order valence-corrected chi connectivity index (χ0v) is 15.8. The molecular weight excluding hydrogens is 333 g/mol. The molecule has 2 fully saturated rings. The van der Waals surface area contributed by atoms with Crippen molar-refractivity contribution in [2.24, 2.45) is 0 Å². The lowest BCUT2D eigenvalue weighted by molar-refractivity contribution is 0.0504. The molecular formula is C20H32FN3O2. The van der Waals surface area contributed by atoms with Crippen LogP contribution in [0.5, 0.6) is 5.75 Å². The summed E-state index contributed by atoms with van der Waals surface area (Å²) in [4.78, 5) is 6.89. The molecule has 1 N–H and O–H groups in total. The predicted molar refractivity (Wildman–Crippen MR) is 101 cm³/mol. The molecule has 1 aromatic rings. The lowest BCUT2D eigenvalue weighted by Crippen LogP contribution is -2.47. The van der Waals surface area contributed by atoms with Crippen molar-refractivity contribution in [2.75, 3.05) is 59.5 Å². The van der Waals surface area contributed by atoms with E-state index in [1.807, 2.05) is 12.1 Å². The average Bonchev–Trinajstić information content (AvgIpc) is 2.65. The maximum atomic E-state index is 13.2. The van der Waals surface area contributed by atoms with Crippen LogP contribution in [-0.2, 0) is 6.54 Å². The molecule has 2 aliphatic heterocycles. The fraction of sp³-hybridized carbons (Fsp3) is 0.700. The summed E-state index contributed by atoms with van der Waals surface area (Å²) < 4.78 is 18.9. The number of piperazine rings is 1. The van der Waals surface area contributed by atoms with Crippen molar-refractivity contribution in [1.29, 1.82) is 0 Å². The van der Waals surface area contributed by atoms with Gasteiger partial charge in [0.15, 0.2) is 0 Å². The Morgan fingerprint density at radius 1 is 1.04 bits per heavy atom. The van der Waals surface area contributed by atoms with Crippen LogP contribution >= 0.6 is 0 Å². The zero-order chi connectivity index (χ0) is 18.4. The van der Waals surface area contributed by atoms with Gasteiger partial charge in [-0.15, -0.1) is 0 Å². The van der Waals surface area contributed by atoms with Gasteiger partial charge in [-0.25, -0.2) is 4.39 Å². The summed E-state index contributed by atoms with van der Waals surface area (Å²) in [5.74, 6) is 0.786. The highest BCUT2D eigenvalue weighted by molar-refractivity contribution is 5.27. The summed E-state index contributed by atoms with van der Waals surface area (Å²) >= 11 is 0. The van der Waals surface area contributed by atoms with E-state index in [-0.39, 0.29) is 0 Å². The van der Waals surface area contributed by atoms with E-state index in [1.54, 1.807) is 0 Å². The molecule has 0 spiro atoms. The van der Waals surface area contributed by atoms with Crippen molar-refractivity contribution >= 4 is 0 Å². The fourth-order valence-corrected chi connectivity index (χ4v) is 3.58. The Bertz CT molecular complexity index is 526. The Hall–Kier alpha value is -1.21. The summed E-state index contributed by atoms with van der Waals surface area (Å²) in [7, 11) is 2.13. The lowest BCUT2D eigenvalue weighted by Gasteiger charge is -2.33. The molecule has 6 heteroatoms. The molecule has 0 radical (unpaired) electrons. The minimum absolute atomic E-state index is 0.315. The van der Waals surface area contributed by atoms with Crippen molar-refractivity contribution in [3.8, 4) is 5.75 Å². The van der Waals surface area contributed by atoms with Crippen LogP contribution in [-0.4, -0.2) is 91.5 Å². The Labute approximate surface area is 156 Å². The van der Waals surface area contributed by atoms with Crippen LogP contribution in [0.3, 0.4) is 0 Å². The highest BCUT2D eigenvalue weighted by Gasteiger charge is 2.19. The monoisotopic (exact) mass is 365 g/mol. The summed E-state index contributed by atoms with van der Waals surface area (Å²) in [6.07, 6.45) is 0.193. The van der Waals surface area contributed by atoms with E-state index in [9.17, 15) is 9.50 Å². The molecule has 0 aliphatic carbocycles. The summed E-state index contributed by atoms with van der Waals surface area (Å²) in [5.41, 5.74) is 1.22. The van der Waals surface area contributed by atoms with E-state index in [1.165, 1.54) is 5.56 Å². The SMILES string of the molecule is CN1CCN(C[C@H](O)COc2ccc(CN3CCC(F)CC3)cc2)CC1. The number of aliphatic hydroxyl groups excluding tert-OH is 1. The molecule has 0 aromatic heterocycles. The van der Waals surface area contributed by atoms with Crippen molar-refractivity contribution in [3.63, 3.8) is 0 Å². The van der Waals surface area contributed by atoms with Gasteiger partial charge in [-0.1, -0.05) is 12.1 Å². The largest absolute Gasteiger partial charge is 0.491 e. The van der Waals surface area contributed by atoms with E-state index >= 15 is 0 Å². The third-order valence-electron chi connectivity index (χ3n) is 5.35. The highest BCUT2D eigenvalue weighted by atomic mass is 19.1. The molecule has 1 aromatic carbocycles. The number of hydrogen-bond donors (Lipinski definition) is 1. The first-order valence-corrected chi connectivity index (χ1v) is 9.75. The molecule has 0 bridgehead atoms. The van der Waals surface area contributed by atoms with Crippen LogP contribution in [0.15, 0.2) is 24.3 Å². The second kappa shape index (κ2) is 9.65. The van der Waals surface area contributed by atoms with Crippen molar-refractivity contribution in [3.05, 3.63) is 29.8 Å². The van der Waals surface area contributed by atoms with Crippen LogP contribution in [0.25, 0.3) is 0 Å². The number of piperidine rings is 1. The number of likely N-dealkylation sites (tertiary alicyclic amines) is 1. The van der Waals surface area contributed by atoms with E-state index in [0.29, 0.717) is 26.0 Å². The molecule has 1 atom stereocenters. The van der Waals surface area contributed by atoms with Gasteiger partial charge in [0.2, 0.25) is 0 Å². The quantitative estimate of drug-likeness (QED) is 0.795. The van der Waals surface area contributed by atoms with Crippen LogP contribution < -0.4 is 4.74 Å². The zero-order valence-electron chi connectivity index (χ0n) is 15.8. The molecule has 2 saturated heterocycles. The summed E-state index contributed by atoms with van der Waals surface area (Å²) in [5, 5.41) is 10.2. The van der Waals surface area contributed by atoms with Crippen LogP contribution in [0.2, 0.25) is 0 Å². The number of hydrogen-bond acceptors (Lipinski definition) is 5. The van der Waals surface area contributed by atoms with Gasteiger partial charge < -0.3 is 14.7 Å². The van der Waals surface area contributed by atoms with Crippen LogP contribution in [0.4, 0.5) is 4.39 Å². The molecule has 0 amide bonds. The normalized spacial score (nSPS) is 22.4. The van der Waals surface area contributed by atoms with E-state index in [4.69, 9.17) is 4.74 Å². The first-order chi connectivity index (χ1) is 12.6. The van der Waals surface area contributed by atoms with Gasteiger partial charge in [0, 0.05) is 52.4 Å². The number of nitrogens with zero attached hydrogens (tertiary/aromatic N) is 3. The Balaban J connectivity index is 1.37. The minimum Gasteiger partial charge on any atom is -0.491 e. The first kappa shape index (κ1) is 19.5. The first-order valence-electron chi connectivity index (χ1n) is 9.75. The van der Waals surface area contributed by atoms with Gasteiger partial charge in [0.1, 0.15) is 24.6 Å². The fourth-order valence-electron chi connectivity index (χ4n) is 3.58. The van der Waals surface area contributed by atoms with Gasteiger partial charge >= 0.3 is 0 Å². The number of aliphatic hydroxyl groups is 1. The summed E-state index contributed by atoms with van der Waals surface area (Å²) in [6.45, 7) is 7.61. The smallest absolute Gasteiger partial charge is 0.119 e. The molecule has 0 saturated carbocycles. The second-order valence-electron chi connectivity index (χ2n) is 7.66. The number of β-amino-alcohol motifs (C(OH)–C–C–N with tert-alkyl or cyclic N) is 1. The van der Waals surface area contributed by atoms with Gasteiger partial charge in [-0.05, 0) is 37.6 Å². The van der Waals surface area contributed by atoms with Crippen molar-refractivity contribution < 1.29 is 14.2 Å². The molecule has 5 nitrogen and oxygen atoms in total. The Morgan fingerprint density at radius 2 is 1.69 bits per heavy atom. The molecule has 2 aliphatic rings. The van der Waals surface area contributed by atoms with Crippen molar-refractivity contribution in [1.82, 2.24) is 14.7 Å². The number of rotatable bonds is 7. The third-order valence-corrected chi connectivity index (χ3v) is 5.35. The van der Waals surface area contributed by atoms with Crippen LogP contribution in [0.1, 0.15) is 18.4 Å². The van der Waals surface area contributed by atoms with E-state index in [2.05, 4.69) is 33.9 Å². The van der Waals surface area contributed by atoms with Gasteiger partial charge in [0.25, 0.3) is 0 Å². The second-order valence-corrected chi connectivity index (χ2v) is 7.66. The van der Waals surface area contributed by atoms with E-state index in [0.717, 1.165) is 51.6 Å². The molecule has 2 heterocycles. The molecule has 146 valence electrons. The predicted octanol–water partition coefficient (Wildman–Crippen LogP) is 1.61. The molecule has 3 rings (SSSR count). The highest BCUT2D eigenvalue weighted by Crippen LogP contribution is 2.18. The Kier molecular flexibility index (Phi) is 7.25. The van der Waals surface area contributed by atoms with Crippen LogP contribution in [0, 0.1) is 0 Å². The van der Waals surface area contributed by atoms with Gasteiger partial charge in [-0.3, -0.25) is 9.80 Å². The maximum absolute atomic E-state index is 13.2. The van der Waals surface area contributed by atoms with Crippen molar-refractivity contribution in [2.45, 2.75) is 31.7 Å². The minimum atomic E-state index is -0.626. The third kappa shape index (κ3) is 6.20. The standard InChI is InChI=1S/C20H32FN3O2/c1-22-10-12-24(13-11-22)15-19(25)16-26-20-4-2-17(3-5-20)14-23-8-6-18(21)7-9-23/h2-5,18-19,25H,6-16H2,1H3/t19-/m0/s1.